The number of halogens is 1. The predicted molar refractivity (Wildman–Crippen MR) is 147 cm³/mol. The SMILES string of the molecule is Cc1ccc(C(=O)NCCCc2nc3ccccc3n2CCCCOc2cc(C)c(Cl)c(C)c2)cc1. The highest BCUT2D eigenvalue weighted by molar-refractivity contribution is 6.32. The van der Waals surface area contributed by atoms with Crippen molar-refractivity contribution < 1.29 is 9.53 Å². The molecule has 6 heteroatoms. The van der Waals surface area contributed by atoms with Crippen molar-refractivity contribution in [3.63, 3.8) is 0 Å². The number of aryl methyl sites for hydroxylation is 5. The zero-order valence-corrected chi connectivity index (χ0v) is 22.1. The molecule has 188 valence electrons. The summed E-state index contributed by atoms with van der Waals surface area (Å²) in [5.74, 6) is 1.90. The molecule has 0 aliphatic rings. The Balaban J connectivity index is 1.29. The van der Waals surface area contributed by atoms with E-state index in [1.54, 1.807) is 0 Å². The van der Waals surface area contributed by atoms with E-state index in [1.807, 2.05) is 63.2 Å². The van der Waals surface area contributed by atoms with Crippen LogP contribution in [-0.4, -0.2) is 28.6 Å². The number of aromatic nitrogens is 2. The number of nitrogens with one attached hydrogen (secondary N) is 1. The molecule has 4 aromatic rings. The van der Waals surface area contributed by atoms with Crippen molar-refractivity contribution in [2.24, 2.45) is 0 Å². The number of unbranched alkanes of at least 4 members (excludes halogenated alkanes) is 1. The van der Waals surface area contributed by atoms with Gasteiger partial charge >= 0.3 is 0 Å². The quantitative estimate of drug-likeness (QED) is 0.228. The number of para-hydroxylation sites is 2. The molecule has 0 unspecified atom stereocenters. The van der Waals surface area contributed by atoms with Crippen LogP contribution in [-0.2, 0) is 13.0 Å². The lowest BCUT2D eigenvalue weighted by Gasteiger charge is -2.12. The molecule has 0 fully saturated rings. The van der Waals surface area contributed by atoms with E-state index in [9.17, 15) is 4.79 Å². The summed E-state index contributed by atoms with van der Waals surface area (Å²) < 4.78 is 8.29. The molecule has 1 N–H and O–H groups in total. The first-order chi connectivity index (χ1) is 17.4. The molecule has 1 aromatic heterocycles. The van der Waals surface area contributed by atoms with Crippen molar-refractivity contribution in [2.45, 2.75) is 53.0 Å². The molecule has 0 bridgehead atoms. The second-order valence-electron chi connectivity index (χ2n) is 9.32. The van der Waals surface area contributed by atoms with Crippen LogP contribution >= 0.6 is 11.6 Å². The number of ether oxygens (including phenoxy) is 1. The lowest BCUT2D eigenvalue weighted by atomic mass is 10.1. The summed E-state index contributed by atoms with van der Waals surface area (Å²) in [6, 6.07) is 19.9. The van der Waals surface area contributed by atoms with Gasteiger partial charge in [0.15, 0.2) is 0 Å². The van der Waals surface area contributed by atoms with E-state index in [1.165, 1.54) is 0 Å². The highest BCUT2D eigenvalue weighted by atomic mass is 35.5. The molecule has 0 aliphatic carbocycles. The Morgan fingerprint density at radius 3 is 2.44 bits per heavy atom. The summed E-state index contributed by atoms with van der Waals surface area (Å²) in [7, 11) is 0. The Morgan fingerprint density at radius 2 is 1.69 bits per heavy atom. The fourth-order valence-electron chi connectivity index (χ4n) is 4.37. The van der Waals surface area contributed by atoms with Crippen molar-refractivity contribution in [2.75, 3.05) is 13.2 Å². The van der Waals surface area contributed by atoms with Crippen molar-refractivity contribution in [1.82, 2.24) is 14.9 Å². The van der Waals surface area contributed by atoms with E-state index < -0.39 is 0 Å². The first-order valence-electron chi connectivity index (χ1n) is 12.6. The third kappa shape index (κ3) is 6.46. The number of hydrogen-bond donors (Lipinski definition) is 1. The number of imidazole rings is 1. The van der Waals surface area contributed by atoms with Gasteiger partial charge in [0.05, 0.1) is 17.6 Å². The van der Waals surface area contributed by atoms with Crippen LogP contribution in [0.2, 0.25) is 5.02 Å². The molecular formula is C30H34ClN3O2. The third-order valence-corrected chi connectivity index (χ3v) is 6.96. The Bertz CT molecular complexity index is 1310. The number of nitrogens with zero attached hydrogens (tertiary/aromatic N) is 2. The van der Waals surface area contributed by atoms with Crippen LogP contribution in [0.1, 0.15) is 52.1 Å². The van der Waals surface area contributed by atoms with Gasteiger partial charge in [-0.15, -0.1) is 0 Å². The topological polar surface area (TPSA) is 56.2 Å². The second-order valence-corrected chi connectivity index (χ2v) is 9.70. The number of amides is 1. The van der Waals surface area contributed by atoms with Crippen molar-refractivity contribution in [3.8, 4) is 5.75 Å². The molecule has 1 heterocycles. The Kier molecular flexibility index (Phi) is 8.65. The zero-order valence-electron chi connectivity index (χ0n) is 21.3. The van der Waals surface area contributed by atoms with Gasteiger partial charge in [-0.05, 0) is 87.6 Å². The first-order valence-corrected chi connectivity index (χ1v) is 13.0. The van der Waals surface area contributed by atoms with Gasteiger partial charge in [0, 0.05) is 30.1 Å². The summed E-state index contributed by atoms with van der Waals surface area (Å²) in [5, 5.41) is 3.83. The molecule has 36 heavy (non-hydrogen) atoms. The number of hydrogen-bond acceptors (Lipinski definition) is 3. The minimum absolute atomic E-state index is 0.0328. The fraction of sp³-hybridized carbons (Fsp3) is 0.333. The maximum absolute atomic E-state index is 12.4. The minimum Gasteiger partial charge on any atom is -0.494 e. The van der Waals surface area contributed by atoms with Crippen LogP contribution in [0.5, 0.6) is 5.75 Å². The molecule has 0 saturated heterocycles. The average Bonchev–Trinajstić information content (AvgIpc) is 3.22. The summed E-state index contributed by atoms with van der Waals surface area (Å²) in [4.78, 5) is 17.3. The summed E-state index contributed by atoms with van der Waals surface area (Å²) >= 11 is 6.26. The summed E-state index contributed by atoms with van der Waals surface area (Å²) in [5.41, 5.74) is 6.08. The van der Waals surface area contributed by atoms with Crippen LogP contribution in [0.3, 0.4) is 0 Å². The first kappa shape index (κ1) is 25.8. The summed E-state index contributed by atoms with van der Waals surface area (Å²) in [6.07, 6.45) is 3.57. The molecule has 0 radical (unpaired) electrons. The molecule has 0 atom stereocenters. The monoisotopic (exact) mass is 503 g/mol. The van der Waals surface area contributed by atoms with Crippen LogP contribution in [0.4, 0.5) is 0 Å². The molecule has 4 rings (SSSR count). The van der Waals surface area contributed by atoms with Gasteiger partial charge in [-0.1, -0.05) is 41.4 Å². The zero-order chi connectivity index (χ0) is 25.5. The van der Waals surface area contributed by atoms with Crippen LogP contribution < -0.4 is 10.1 Å². The lowest BCUT2D eigenvalue weighted by molar-refractivity contribution is 0.0953. The summed E-state index contributed by atoms with van der Waals surface area (Å²) in [6.45, 7) is 8.18. The predicted octanol–water partition coefficient (Wildman–Crippen LogP) is 6.84. The maximum Gasteiger partial charge on any atom is 0.251 e. The van der Waals surface area contributed by atoms with Crippen molar-refractivity contribution in [3.05, 3.63) is 93.8 Å². The fourth-order valence-corrected chi connectivity index (χ4v) is 4.48. The molecule has 1 amide bonds. The average molecular weight is 504 g/mol. The number of rotatable bonds is 11. The lowest BCUT2D eigenvalue weighted by Crippen LogP contribution is -2.25. The van der Waals surface area contributed by atoms with Crippen LogP contribution in [0.25, 0.3) is 11.0 Å². The number of benzene rings is 3. The van der Waals surface area contributed by atoms with Gasteiger partial charge in [-0.3, -0.25) is 4.79 Å². The van der Waals surface area contributed by atoms with E-state index in [0.717, 1.165) is 76.5 Å². The molecule has 5 nitrogen and oxygen atoms in total. The molecule has 0 saturated carbocycles. The molecule has 0 spiro atoms. The highest BCUT2D eigenvalue weighted by Gasteiger charge is 2.11. The Hall–Kier alpha value is -3.31. The smallest absolute Gasteiger partial charge is 0.251 e. The largest absolute Gasteiger partial charge is 0.494 e. The number of fused-ring (bicyclic) bond motifs is 1. The van der Waals surface area contributed by atoms with E-state index in [0.29, 0.717) is 18.7 Å². The van der Waals surface area contributed by atoms with E-state index >= 15 is 0 Å². The number of carbonyl (C=O) groups is 1. The van der Waals surface area contributed by atoms with E-state index in [-0.39, 0.29) is 5.91 Å². The molecule has 3 aromatic carbocycles. The third-order valence-electron chi connectivity index (χ3n) is 6.36. The van der Waals surface area contributed by atoms with Gasteiger partial charge in [0.2, 0.25) is 0 Å². The molecular weight excluding hydrogens is 470 g/mol. The van der Waals surface area contributed by atoms with Crippen LogP contribution in [0, 0.1) is 20.8 Å². The minimum atomic E-state index is -0.0328. The van der Waals surface area contributed by atoms with E-state index in [4.69, 9.17) is 21.3 Å². The molecule has 0 aliphatic heterocycles. The van der Waals surface area contributed by atoms with Gasteiger partial charge in [-0.25, -0.2) is 4.98 Å². The van der Waals surface area contributed by atoms with E-state index in [2.05, 4.69) is 28.1 Å². The maximum atomic E-state index is 12.4. The van der Waals surface area contributed by atoms with Crippen LogP contribution in [0.15, 0.2) is 60.7 Å². The van der Waals surface area contributed by atoms with Crippen molar-refractivity contribution >= 4 is 28.5 Å². The van der Waals surface area contributed by atoms with Gasteiger partial charge in [0.1, 0.15) is 11.6 Å². The number of carbonyl (C=O) groups excluding carboxylic acids is 1. The standard InChI is InChI=1S/C30H34ClN3O2/c1-21-12-14-24(15-13-21)30(35)32-16-8-11-28-33-26-9-4-5-10-27(26)34(28)17-6-7-18-36-25-19-22(2)29(31)23(3)20-25/h4-5,9-10,12-15,19-20H,6-8,11,16-18H2,1-3H3,(H,32,35). The normalized spacial score (nSPS) is 11.1. The Labute approximate surface area is 218 Å². The van der Waals surface area contributed by atoms with Gasteiger partial charge in [-0.2, -0.15) is 0 Å². The second kappa shape index (κ2) is 12.1. The highest BCUT2D eigenvalue weighted by Crippen LogP contribution is 2.26. The Morgan fingerprint density at radius 1 is 0.972 bits per heavy atom. The van der Waals surface area contributed by atoms with Gasteiger partial charge < -0.3 is 14.6 Å². The van der Waals surface area contributed by atoms with Gasteiger partial charge in [0.25, 0.3) is 5.91 Å². The van der Waals surface area contributed by atoms with Crippen molar-refractivity contribution in [1.29, 1.82) is 0 Å².